The largest absolute Gasteiger partial charge is 0.293 e. The average Bonchev–Trinajstić information content (AvgIpc) is 3.24. The summed E-state index contributed by atoms with van der Waals surface area (Å²) in [5, 5.41) is 2.14. The van der Waals surface area contributed by atoms with Crippen molar-refractivity contribution in [1.29, 1.82) is 0 Å². The zero-order valence-corrected chi connectivity index (χ0v) is 16.6. The molecule has 0 aromatic carbocycles. The van der Waals surface area contributed by atoms with Gasteiger partial charge in [-0.3, -0.25) is 4.90 Å². The minimum Gasteiger partial charge on any atom is -0.293 e. The average molecular weight is 370 g/mol. The highest BCUT2D eigenvalue weighted by Crippen LogP contribution is 2.32. The van der Waals surface area contributed by atoms with Crippen molar-refractivity contribution in [2.24, 2.45) is 0 Å². The number of nitrogens with zero attached hydrogens (tertiary/aromatic N) is 3. The van der Waals surface area contributed by atoms with Crippen molar-refractivity contribution < 1.29 is 0 Å². The molecular weight excluding hydrogens is 346 g/mol. The normalized spacial score (nSPS) is 15.3. The predicted octanol–water partition coefficient (Wildman–Crippen LogP) is 5.12. The van der Waals surface area contributed by atoms with E-state index in [1.54, 1.807) is 0 Å². The Kier molecular flexibility index (Phi) is 4.48. The van der Waals surface area contributed by atoms with Crippen LogP contribution in [-0.2, 0) is 24.9 Å². The first-order valence-corrected chi connectivity index (χ1v) is 10.4. The van der Waals surface area contributed by atoms with Gasteiger partial charge < -0.3 is 0 Å². The SMILES string of the molecule is CC(C)(C)c1ncc2c(n1)CCN(Cc1ccc(-c3cccs3)s1)C2. The van der Waals surface area contributed by atoms with E-state index in [-0.39, 0.29) is 5.41 Å². The maximum absolute atomic E-state index is 4.83. The van der Waals surface area contributed by atoms with Crippen LogP contribution in [0.2, 0.25) is 0 Å². The quantitative estimate of drug-likeness (QED) is 0.641. The lowest BCUT2D eigenvalue weighted by Crippen LogP contribution is -2.31. The van der Waals surface area contributed by atoms with Gasteiger partial charge in [-0.25, -0.2) is 9.97 Å². The molecule has 0 atom stereocenters. The zero-order chi connectivity index (χ0) is 17.4. The molecule has 1 aliphatic rings. The summed E-state index contributed by atoms with van der Waals surface area (Å²) in [5.74, 6) is 0.957. The second-order valence-electron chi connectivity index (χ2n) is 7.62. The van der Waals surface area contributed by atoms with Crippen LogP contribution in [0.1, 0.15) is 42.7 Å². The summed E-state index contributed by atoms with van der Waals surface area (Å²) in [6.07, 6.45) is 3.06. The number of hydrogen-bond donors (Lipinski definition) is 0. The fraction of sp³-hybridized carbons (Fsp3) is 0.400. The fourth-order valence-corrected chi connectivity index (χ4v) is 4.99. The van der Waals surface area contributed by atoms with Crippen molar-refractivity contribution in [2.75, 3.05) is 6.54 Å². The molecule has 0 saturated heterocycles. The molecule has 0 spiro atoms. The molecule has 0 saturated carbocycles. The minimum atomic E-state index is 0.0152. The first-order chi connectivity index (χ1) is 12.0. The first kappa shape index (κ1) is 16.9. The third-order valence-electron chi connectivity index (χ3n) is 4.49. The van der Waals surface area contributed by atoms with E-state index in [0.29, 0.717) is 0 Å². The lowest BCUT2D eigenvalue weighted by molar-refractivity contribution is 0.244. The second-order valence-corrected chi connectivity index (χ2v) is 9.74. The summed E-state index contributed by atoms with van der Waals surface area (Å²) < 4.78 is 0. The van der Waals surface area contributed by atoms with Gasteiger partial charge in [0.1, 0.15) is 5.82 Å². The number of aromatic nitrogens is 2. The van der Waals surface area contributed by atoms with Gasteiger partial charge in [-0.1, -0.05) is 26.8 Å². The van der Waals surface area contributed by atoms with Crippen LogP contribution < -0.4 is 0 Å². The third kappa shape index (κ3) is 3.68. The van der Waals surface area contributed by atoms with E-state index < -0.39 is 0 Å². The Morgan fingerprint density at radius 3 is 2.80 bits per heavy atom. The maximum atomic E-state index is 4.83. The fourth-order valence-electron chi connectivity index (χ4n) is 3.11. The molecule has 0 radical (unpaired) electrons. The Labute approximate surface area is 157 Å². The van der Waals surface area contributed by atoms with Crippen LogP contribution in [0.15, 0.2) is 35.8 Å². The lowest BCUT2D eigenvalue weighted by Gasteiger charge is -2.28. The van der Waals surface area contributed by atoms with Gasteiger partial charge in [-0.2, -0.15) is 0 Å². The first-order valence-electron chi connectivity index (χ1n) is 8.69. The molecular formula is C20H23N3S2. The van der Waals surface area contributed by atoms with Gasteiger partial charge in [0, 0.05) is 63.6 Å². The highest BCUT2D eigenvalue weighted by atomic mass is 32.1. The van der Waals surface area contributed by atoms with E-state index in [4.69, 9.17) is 4.98 Å². The van der Waals surface area contributed by atoms with Crippen molar-refractivity contribution >= 4 is 22.7 Å². The number of thiophene rings is 2. The predicted molar refractivity (Wildman–Crippen MR) is 106 cm³/mol. The Morgan fingerprint density at radius 2 is 2.04 bits per heavy atom. The Morgan fingerprint density at radius 1 is 1.16 bits per heavy atom. The maximum Gasteiger partial charge on any atom is 0.133 e. The molecule has 130 valence electrons. The van der Waals surface area contributed by atoms with Crippen LogP contribution in [0.3, 0.4) is 0 Å². The van der Waals surface area contributed by atoms with Gasteiger partial charge in [0.25, 0.3) is 0 Å². The smallest absolute Gasteiger partial charge is 0.133 e. The summed E-state index contributed by atoms with van der Waals surface area (Å²) in [6, 6.07) is 8.84. The van der Waals surface area contributed by atoms with Gasteiger partial charge >= 0.3 is 0 Å². The number of rotatable bonds is 3. The molecule has 0 aliphatic carbocycles. The molecule has 5 heteroatoms. The molecule has 0 N–H and O–H groups in total. The molecule has 0 unspecified atom stereocenters. The Hall–Kier alpha value is -1.56. The molecule has 3 nitrogen and oxygen atoms in total. The van der Waals surface area contributed by atoms with Crippen LogP contribution in [0.5, 0.6) is 0 Å². The van der Waals surface area contributed by atoms with Crippen molar-refractivity contribution in [3.05, 3.63) is 57.8 Å². The highest BCUT2D eigenvalue weighted by Gasteiger charge is 2.23. The molecule has 3 aromatic rings. The van der Waals surface area contributed by atoms with E-state index in [0.717, 1.165) is 31.9 Å². The van der Waals surface area contributed by atoms with Gasteiger partial charge in [0.15, 0.2) is 0 Å². The highest BCUT2D eigenvalue weighted by molar-refractivity contribution is 7.21. The van der Waals surface area contributed by atoms with E-state index >= 15 is 0 Å². The molecule has 3 aromatic heterocycles. The van der Waals surface area contributed by atoms with Crippen molar-refractivity contribution in [1.82, 2.24) is 14.9 Å². The van der Waals surface area contributed by atoms with Gasteiger partial charge in [0.2, 0.25) is 0 Å². The number of hydrogen-bond acceptors (Lipinski definition) is 5. The van der Waals surface area contributed by atoms with Crippen LogP contribution in [0, 0.1) is 0 Å². The van der Waals surface area contributed by atoms with Crippen molar-refractivity contribution in [3.8, 4) is 9.75 Å². The third-order valence-corrected chi connectivity index (χ3v) is 6.62. The topological polar surface area (TPSA) is 29.0 Å². The van der Waals surface area contributed by atoms with Gasteiger partial charge in [-0.15, -0.1) is 22.7 Å². The number of fused-ring (bicyclic) bond motifs is 1. The molecule has 0 amide bonds. The molecule has 0 bridgehead atoms. The zero-order valence-electron chi connectivity index (χ0n) is 15.0. The molecule has 25 heavy (non-hydrogen) atoms. The van der Waals surface area contributed by atoms with Crippen molar-refractivity contribution in [3.63, 3.8) is 0 Å². The summed E-state index contributed by atoms with van der Waals surface area (Å²) in [5.41, 5.74) is 2.54. The summed E-state index contributed by atoms with van der Waals surface area (Å²) in [4.78, 5) is 16.1. The van der Waals surface area contributed by atoms with Crippen LogP contribution in [0.25, 0.3) is 9.75 Å². The molecule has 1 aliphatic heterocycles. The second kappa shape index (κ2) is 6.63. The molecule has 4 heterocycles. The van der Waals surface area contributed by atoms with E-state index in [9.17, 15) is 0 Å². The van der Waals surface area contributed by atoms with E-state index in [2.05, 4.69) is 60.3 Å². The Balaban J connectivity index is 1.46. The van der Waals surface area contributed by atoms with Gasteiger partial charge in [-0.05, 0) is 23.6 Å². The molecule has 0 fully saturated rings. The monoisotopic (exact) mass is 369 g/mol. The standard InChI is InChI=1S/C20H23N3S2/c1-20(2,3)19-21-11-14-12-23(9-8-16(14)22-19)13-15-6-7-18(25-15)17-5-4-10-24-17/h4-7,10-11H,8-9,12-13H2,1-3H3. The van der Waals surface area contributed by atoms with Crippen LogP contribution in [0.4, 0.5) is 0 Å². The Bertz CT molecular complexity index is 859. The van der Waals surface area contributed by atoms with Crippen LogP contribution in [-0.4, -0.2) is 21.4 Å². The van der Waals surface area contributed by atoms with E-state index in [1.807, 2.05) is 28.9 Å². The van der Waals surface area contributed by atoms with Crippen molar-refractivity contribution in [2.45, 2.75) is 45.7 Å². The van der Waals surface area contributed by atoms with Crippen LogP contribution >= 0.6 is 22.7 Å². The summed E-state index contributed by atoms with van der Waals surface area (Å²) in [7, 11) is 0. The minimum absolute atomic E-state index is 0.0152. The molecule has 4 rings (SSSR count). The summed E-state index contributed by atoms with van der Waals surface area (Å²) >= 11 is 3.72. The van der Waals surface area contributed by atoms with E-state index in [1.165, 1.54) is 25.9 Å². The van der Waals surface area contributed by atoms with Gasteiger partial charge in [0.05, 0.1) is 0 Å². The summed E-state index contributed by atoms with van der Waals surface area (Å²) in [6.45, 7) is 9.55. The lowest BCUT2D eigenvalue weighted by atomic mass is 9.95.